The lowest BCUT2D eigenvalue weighted by atomic mass is 10.2. The highest BCUT2D eigenvalue weighted by atomic mass is 19.2. The van der Waals surface area contributed by atoms with Crippen LogP contribution in [0.15, 0.2) is 12.1 Å². The number of nitrogens with zero attached hydrogens (tertiary/aromatic N) is 1. The number of carbonyl (C=O) groups is 1. The van der Waals surface area contributed by atoms with Crippen molar-refractivity contribution in [2.75, 3.05) is 25.0 Å². The van der Waals surface area contributed by atoms with Crippen molar-refractivity contribution in [1.29, 1.82) is 0 Å². The van der Waals surface area contributed by atoms with Gasteiger partial charge in [-0.3, -0.25) is 4.79 Å². The van der Waals surface area contributed by atoms with Gasteiger partial charge < -0.3 is 10.2 Å². The Balaban J connectivity index is 1.94. The number of carbonyl (C=O) groups excluding carboxylic acids is 1. The fourth-order valence-electron chi connectivity index (χ4n) is 2.26. The molecule has 0 spiro atoms. The van der Waals surface area contributed by atoms with E-state index < -0.39 is 17.5 Å². The van der Waals surface area contributed by atoms with Gasteiger partial charge in [0.25, 0.3) is 0 Å². The molecule has 0 radical (unpaired) electrons. The highest BCUT2D eigenvalue weighted by Gasteiger charge is 2.16. The zero-order valence-corrected chi connectivity index (χ0v) is 11.1. The summed E-state index contributed by atoms with van der Waals surface area (Å²) < 4.78 is 39.2. The summed E-state index contributed by atoms with van der Waals surface area (Å²) in [5.74, 6) is -3.45. The maximum atomic E-state index is 13.4. The molecule has 0 bridgehead atoms. The molecule has 1 saturated heterocycles. The Hall–Kier alpha value is -1.72. The molecule has 1 aliphatic rings. The summed E-state index contributed by atoms with van der Waals surface area (Å²) in [6.07, 6.45) is 4.14. The summed E-state index contributed by atoms with van der Waals surface area (Å²) in [7, 11) is 0. The first kappa shape index (κ1) is 14.7. The fraction of sp³-hybridized carbons (Fsp3) is 0.500. The third-order valence-corrected chi connectivity index (χ3v) is 3.40. The van der Waals surface area contributed by atoms with Crippen LogP contribution >= 0.6 is 0 Å². The molecule has 0 aliphatic carbocycles. The summed E-state index contributed by atoms with van der Waals surface area (Å²) in [6, 6.07) is 1.19. The lowest BCUT2D eigenvalue weighted by Crippen LogP contribution is -2.36. The van der Waals surface area contributed by atoms with Crippen LogP contribution in [0.1, 0.15) is 25.7 Å². The minimum absolute atomic E-state index is 0.123. The highest BCUT2D eigenvalue weighted by Crippen LogP contribution is 2.18. The molecule has 1 aliphatic heterocycles. The molecule has 20 heavy (non-hydrogen) atoms. The number of hydrogen-bond acceptors (Lipinski definition) is 2. The van der Waals surface area contributed by atoms with Crippen LogP contribution in [0.4, 0.5) is 18.9 Å². The molecule has 0 unspecified atom stereocenters. The third kappa shape index (κ3) is 3.65. The van der Waals surface area contributed by atoms with Crippen LogP contribution in [-0.4, -0.2) is 30.4 Å². The number of anilines is 1. The first-order valence-electron chi connectivity index (χ1n) is 6.74. The molecule has 110 valence electrons. The van der Waals surface area contributed by atoms with Crippen LogP contribution in [0.2, 0.25) is 0 Å². The van der Waals surface area contributed by atoms with E-state index in [4.69, 9.17) is 0 Å². The van der Waals surface area contributed by atoms with E-state index >= 15 is 0 Å². The number of halogens is 3. The molecule has 1 aromatic carbocycles. The quantitative estimate of drug-likeness (QED) is 0.867. The van der Waals surface area contributed by atoms with Gasteiger partial charge in [-0.05, 0) is 12.8 Å². The molecule has 0 atom stereocenters. The van der Waals surface area contributed by atoms with Crippen molar-refractivity contribution in [2.45, 2.75) is 25.7 Å². The van der Waals surface area contributed by atoms with Crippen LogP contribution in [0.3, 0.4) is 0 Å². The molecule has 1 aromatic rings. The molecule has 1 fully saturated rings. The van der Waals surface area contributed by atoms with Crippen molar-refractivity contribution in [3.05, 3.63) is 29.6 Å². The molecular weight excluding hydrogens is 269 g/mol. The Bertz CT molecular complexity index is 486. The van der Waals surface area contributed by atoms with Crippen LogP contribution in [0, 0.1) is 17.5 Å². The highest BCUT2D eigenvalue weighted by molar-refractivity contribution is 5.80. The molecule has 1 N–H and O–H groups in total. The predicted molar refractivity (Wildman–Crippen MR) is 69.9 cm³/mol. The van der Waals surface area contributed by atoms with Crippen molar-refractivity contribution >= 4 is 11.6 Å². The minimum Gasteiger partial charge on any atom is -0.374 e. The maximum Gasteiger partial charge on any atom is 0.241 e. The summed E-state index contributed by atoms with van der Waals surface area (Å²) >= 11 is 0. The van der Waals surface area contributed by atoms with E-state index in [1.807, 2.05) is 0 Å². The number of hydrogen-bond donors (Lipinski definition) is 1. The van der Waals surface area contributed by atoms with Crippen LogP contribution < -0.4 is 5.32 Å². The monoisotopic (exact) mass is 286 g/mol. The van der Waals surface area contributed by atoms with Gasteiger partial charge in [0.2, 0.25) is 5.91 Å². The van der Waals surface area contributed by atoms with Gasteiger partial charge in [0, 0.05) is 25.2 Å². The van der Waals surface area contributed by atoms with E-state index in [1.165, 1.54) is 0 Å². The lowest BCUT2D eigenvalue weighted by molar-refractivity contribution is -0.129. The van der Waals surface area contributed by atoms with Gasteiger partial charge >= 0.3 is 0 Å². The standard InChI is InChI=1S/C14H17F3N2O/c15-10-7-12(17)13(8-11(10)16)18-9-14(20)19-5-3-1-2-4-6-19/h7-8,18H,1-6,9H2. The molecule has 3 nitrogen and oxygen atoms in total. The number of rotatable bonds is 3. The van der Waals surface area contributed by atoms with Gasteiger partial charge in [-0.25, -0.2) is 13.2 Å². The van der Waals surface area contributed by atoms with Crippen molar-refractivity contribution in [3.63, 3.8) is 0 Å². The van der Waals surface area contributed by atoms with E-state index in [-0.39, 0.29) is 18.1 Å². The lowest BCUT2D eigenvalue weighted by Gasteiger charge is -2.20. The smallest absolute Gasteiger partial charge is 0.241 e. The van der Waals surface area contributed by atoms with E-state index in [0.717, 1.165) is 31.7 Å². The zero-order chi connectivity index (χ0) is 14.5. The molecular formula is C14H17F3N2O. The van der Waals surface area contributed by atoms with Crippen molar-refractivity contribution < 1.29 is 18.0 Å². The second-order valence-electron chi connectivity index (χ2n) is 4.89. The predicted octanol–water partition coefficient (Wildman–Crippen LogP) is 2.92. The Morgan fingerprint density at radius 3 is 2.25 bits per heavy atom. The fourth-order valence-corrected chi connectivity index (χ4v) is 2.26. The number of benzene rings is 1. The average molecular weight is 286 g/mol. The Morgan fingerprint density at radius 2 is 1.60 bits per heavy atom. The summed E-state index contributed by atoms with van der Waals surface area (Å²) in [4.78, 5) is 13.7. The van der Waals surface area contributed by atoms with E-state index in [9.17, 15) is 18.0 Å². The SMILES string of the molecule is O=C(CNc1cc(F)c(F)cc1F)N1CCCCCC1. The van der Waals surface area contributed by atoms with Crippen molar-refractivity contribution in [3.8, 4) is 0 Å². The molecule has 6 heteroatoms. The first-order valence-corrected chi connectivity index (χ1v) is 6.74. The Kier molecular flexibility index (Phi) is 4.87. The van der Waals surface area contributed by atoms with Crippen LogP contribution in [-0.2, 0) is 4.79 Å². The topological polar surface area (TPSA) is 32.3 Å². The van der Waals surface area contributed by atoms with Gasteiger partial charge in [0.15, 0.2) is 11.6 Å². The molecule has 1 heterocycles. The maximum absolute atomic E-state index is 13.4. The van der Waals surface area contributed by atoms with Crippen LogP contribution in [0.5, 0.6) is 0 Å². The molecule has 0 saturated carbocycles. The molecule has 0 aromatic heterocycles. The first-order chi connectivity index (χ1) is 9.58. The van der Waals surface area contributed by atoms with Crippen molar-refractivity contribution in [1.82, 2.24) is 4.90 Å². The van der Waals surface area contributed by atoms with Gasteiger partial charge in [0.05, 0.1) is 12.2 Å². The average Bonchev–Trinajstić information content (AvgIpc) is 2.70. The van der Waals surface area contributed by atoms with Gasteiger partial charge in [-0.15, -0.1) is 0 Å². The van der Waals surface area contributed by atoms with E-state index in [0.29, 0.717) is 19.2 Å². The van der Waals surface area contributed by atoms with E-state index in [1.54, 1.807) is 4.90 Å². The Morgan fingerprint density at radius 1 is 1.00 bits per heavy atom. The van der Waals surface area contributed by atoms with Crippen molar-refractivity contribution in [2.24, 2.45) is 0 Å². The number of nitrogens with one attached hydrogen (secondary N) is 1. The van der Waals surface area contributed by atoms with Gasteiger partial charge in [-0.2, -0.15) is 0 Å². The molecule has 2 rings (SSSR count). The van der Waals surface area contributed by atoms with E-state index in [2.05, 4.69) is 5.32 Å². The second-order valence-corrected chi connectivity index (χ2v) is 4.89. The number of amides is 1. The molecule has 1 amide bonds. The number of likely N-dealkylation sites (tertiary alicyclic amines) is 1. The van der Waals surface area contributed by atoms with Gasteiger partial charge in [0.1, 0.15) is 5.82 Å². The Labute approximate surface area is 115 Å². The second kappa shape index (κ2) is 6.63. The summed E-state index contributed by atoms with van der Waals surface area (Å²) in [5.41, 5.74) is -0.202. The summed E-state index contributed by atoms with van der Waals surface area (Å²) in [6.45, 7) is 1.27. The largest absolute Gasteiger partial charge is 0.374 e. The zero-order valence-electron chi connectivity index (χ0n) is 11.1. The normalized spacial score (nSPS) is 15.8. The summed E-state index contributed by atoms with van der Waals surface area (Å²) in [5, 5.41) is 2.53. The third-order valence-electron chi connectivity index (χ3n) is 3.40. The van der Waals surface area contributed by atoms with Crippen LogP contribution in [0.25, 0.3) is 0 Å². The van der Waals surface area contributed by atoms with Gasteiger partial charge in [-0.1, -0.05) is 12.8 Å². The minimum atomic E-state index is -1.24.